The minimum Gasteiger partial charge on any atom is -0.369 e. The SMILES string of the molecule is Cc1ccc(NC(=O)[C@H]2CCCN(c3cnn(C)c(=O)c3)C2)c(C)c1. The highest BCUT2D eigenvalue weighted by atomic mass is 16.2. The summed E-state index contributed by atoms with van der Waals surface area (Å²) in [6.45, 7) is 5.48. The van der Waals surface area contributed by atoms with E-state index in [0.29, 0.717) is 6.54 Å². The highest BCUT2D eigenvalue weighted by molar-refractivity contribution is 5.93. The van der Waals surface area contributed by atoms with Crippen molar-refractivity contribution >= 4 is 17.3 Å². The molecule has 1 fully saturated rings. The maximum atomic E-state index is 12.7. The van der Waals surface area contributed by atoms with E-state index in [0.717, 1.165) is 36.3 Å². The molecule has 1 N–H and O–H groups in total. The van der Waals surface area contributed by atoms with Crippen molar-refractivity contribution in [2.75, 3.05) is 23.3 Å². The van der Waals surface area contributed by atoms with Crippen molar-refractivity contribution < 1.29 is 4.79 Å². The largest absolute Gasteiger partial charge is 0.369 e. The van der Waals surface area contributed by atoms with E-state index in [9.17, 15) is 9.59 Å². The Bertz CT molecular complexity index is 844. The summed E-state index contributed by atoms with van der Waals surface area (Å²) < 4.78 is 1.30. The van der Waals surface area contributed by atoms with Crippen LogP contribution in [-0.4, -0.2) is 28.8 Å². The molecule has 0 bridgehead atoms. The Labute approximate surface area is 147 Å². The number of amides is 1. The number of nitrogens with zero attached hydrogens (tertiary/aromatic N) is 3. The van der Waals surface area contributed by atoms with Gasteiger partial charge in [0.2, 0.25) is 5.91 Å². The smallest absolute Gasteiger partial charge is 0.268 e. The number of piperidine rings is 1. The Morgan fingerprint density at radius 2 is 2.08 bits per heavy atom. The van der Waals surface area contributed by atoms with Crippen LogP contribution in [0.5, 0.6) is 0 Å². The summed E-state index contributed by atoms with van der Waals surface area (Å²) in [5, 5.41) is 7.13. The van der Waals surface area contributed by atoms with Crippen LogP contribution in [0.2, 0.25) is 0 Å². The van der Waals surface area contributed by atoms with Crippen LogP contribution in [0.3, 0.4) is 0 Å². The Morgan fingerprint density at radius 1 is 1.28 bits per heavy atom. The standard InChI is InChI=1S/C19H24N4O2/c1-13-6-7-17(14(2)9-13)21-19(25)15-5-4-8-23(12-15)16-10-18(24)22(3)20-11-16/h6-7,9-11,15H,4-5,8,12H2,1-3H3,(H,21,25)/t15-/m0/s1. The molecule has 0 unspecified atom stereocenters. The van der Waals surface area contributed by atoms with Crippen LogP contribution in [0.1, 0.15) is 24.0 Å². The number of anilines is 2. The first-order valence-electron chi connectivity index (χ1n) is 8.60. The van der Waals surface area contributed by atoms with Crippen LogP contribution in [0, 0.1) is 19.8 Å². The van der Waals surface area contributed by atoms with Gasteiger partial charge in [-0.2, -0.15) is 5.10 Å². The van der Waals surface area contributed by atoms with E-state index in [1.807, 2.05) is 26.0 Å². The van der Waals surface area contributed by atoms with Gasteiger partial charge < -0.3 is 10.2 Å². The summed E-state index contributed by atoms with van der Waals surface area (Å²) in [5.74, 6) is -0.0630. The van der Waals surface area contributed by atoms with E-state index in [1.54, 1.807) is 19.3 Å². The summed E-state index contributed by atoms with van der Waals surface area (Å²) in [7, 11) is 1.63. The Kier molecular flexibility index (Phi) is 4.88. The van der Waals surface area contributed by atoms with Gasteiger partial charge in [-0.15, -0.1) is 0 Å². The highest BCUT2D eigenvalue weighted by Crippen LogP contribution is 2.24. The van der Waals surface area contributed by atoms with Gasteiger partial charge in [0.1, 0.15) is 0 Å². The number of carbonyl (C=O) groups is 1. The zero-order chi connectivity index (χ0) is 18.0. The van der Waals surface area contributed by atoms with Gasteiger partial charge in [0.15, 0.2) is 0 Å². The molecule has 0 spiro atoms. The van der Waals surface area contributed by atoms with Gasteiger partial charge in [-0.3, -0.25) is 9.59 Å². The van der Waals surface area contributed by atoms with Gasteiger partial charge in [0.25, 0.3) is 5.56 Å². The summed E-state index contributed by atoms with van der Waals surface area (Å²) in [6.07, 6.45) is 3.46. The first-order valence-corrected chi connectivity index (χ1v) is 8.60. The normalized spacial score (nSPS) is 17.4. The van der Waals surface area contributed by atoms with Crippen molar-refractivity contribution in [1.29, 1.82) is 0 Å². The third kappa shape index (κ3) is 3.90. The molecule has 25 heavy (non-hydrogen) atoms. The molecule has 1 atom stereocenters. The van der Waals surface area contributed by atoms with E-state index in [2.05, 4.69) is 21.4 Å². The lowest BCUT2D eigenvalue weighted by atomic mass is 9.96. The fraction of sp³-hybridized carbons (Fsp3) is 0.421. The van der Waals surface area contributed by atoms with Crippen LogP contribution in [0.25, 0.3) is 0 Å². The molecule has 1 aliphatic rings. The van der Waals surface area contributed by atoms with Gasteiger partial charge in [-0.05, 0) is 38.3 Å². The Hall–Kier alpha value is -2.63. The zero-order valence-electron chi connectivity index (χ0n) is 15.0. The molecule has 2 heterocycles. The molecule has 1 saturated heterocycles. The van der Waals surface area contributed by atoms with E-state index in [1.165, 1.54) is 10.2 Å². The van der Waals surface area contributed by atoms with Gasteiger partial charge in [0.05, 0.1) is 17.8 Å². The molecule has 1 aliphatic heterocycles. The van der Waals surface area contributed by atoms with Crippen LogP contribution in [0.15, 0.2) is 35.3 Å². The van der Waals surface area contributed by atoms with Crippen molar-refractivity contribution in [2.24, 2.45) is 13.0 Å². The Morgan fingerprint density at radius 3 is 2.80 bits per heavy atom. The highest BCUT2D eigenvalue weighted by Gasteiger charge is 2.26. The molecule has 1 aromatic heterocycles. The first-order chi connectivity index (χ1) is 11.9. The number of nitrogens with one attached hydrogen (secondary N) is 1. The lowest BCUT2D eigenvalue weighted by Gasteiger charge is -2.33. The summed E-state index contributed by atoms with van der Waals surface area (Å²) in [4.78, 5) is 26.6. The van der Waals surface area contributed by atoms with Crippen molar-refractivity contribution in [3.63, 3.8) is 0 Å². The topological polar surface area (TPSA) is 67.2 Å². The molecule has 3 rings (SSSR count). The van der Waals surface area contributed by atoms with Crippen molar-refractivity contribution in [1.82, 2.24) is 9.78 Å². The fourth-order valence-electron chi connectivity index (χ4n) is 3.25. The summed E-state index contributed by atoms with van der Waals surface area (Å²) >= 11 is 0. The average Bonchev–Trinajstić information content (AvgIpc) is 2.60. The van der Waals surface area contributed by atoms with Crippen LogP contribution in [-0.2, 0) is 11.8 Å². The number of aromatic nitrogens is 2. The van der Waals surface area contributed by atoms with E-state index >= 15 is 0 Å². The van der Waals surface area contributed by atoms with Gasteiger partial charge in [-0.1, -0.05) is 17.7 Å². The second-order valence-corrected chi connectivity index (χ2v) is 6.77. The summed E-state index contributed by atoms with van der Waals surface area (Å²) in [5.41, 5.74) is 3.75. The molecule has 1 aromatic carbocycles. The Balaban J connectivity index is 1.71. The predicted molar refractivity (Wildman–Crippen MR) is 99.0 cm³/mol. The molecule has 6 heteroatoms. The molecule has 0 radical (unpaired) electrons. The van der Waals surface area contributed by atoms with Gasteiger partial charge >= 0.3 is 0 Å². The number of hydrogen-bond acceptors (Lipinski definition) is 4. The third-order valence-electron chi connectivity index (χ3n) is 4.75. The number of benzene rings is 1. The second-order valence-electron chi connectivity index (χ2n) is 6.77. The van der Waals surface area contributed by atoms with Crippen LogP contribution < -0.4 is 15.8 Å². The van der Waals surface area contributed by atoms with E-state index in [4.69, 9.17) is 0 Å². The molecule has 1 amide bonds. The number of rotatable bonds is 3. The number of carbonyl (C=O) groups excluding carboxylic acids is 1. The second kappa shape index (κ2) is 7.09. The molecule has 0 aliphatic carbocycles. The third-order valence-corrected chi connectivity index (χ3v) is 4.75. The maximum Gasteiger partial charge on any atom is 0.268 e. The maximum absolute atomic E-state index is 12.7. The van der Waals surface area contributed by atoms with Gasteiger partial charge in [-0.25, -0.2) is 4.68 Å². The van der Waals surface area contributed by atoms with Crippen molar-refractivity contribution in [2.45, 2.75) is 26.7 Å². The van der Waals surface area contributed by atoms with E-state index in [-0.39, 0.29) is 17.4 Å². The van der Waals surface area contributed by atoms with Crippen molar-refractivity contribution in [3.8, 4) is 0 Å². The first kappa shape index (κ1) is 17.2. The van der Waals surface area contributed by atoms with Crippen LogP contribution in [0.4, 0.5) is 11.4 Å². The van der Waals surface area contributed by atoms with Gasteiger partial charge in [0, 0.05) is 31.9 Å². The molecular formula is C19H24N4O2. The molecule has 6 nitrogen and oxygen atoms in total. The number of aryl methyl sites for hydroxylation is 3. The average molecular weight is 340 g/mol. The fourth-order valence-corrected chi connectivity index (χ4v) is 3.25. The quantitative estimate of drug-likeness (QED) is 0.931. The zero-order valence-corrected chi connectivity index (χ0v) is 15.0. The predicted octanol–water partition coefficient (Wildman–Crippen LogP) is 2.25. The lowest BCUT2D eigenvalue weighted by molar-refractivity contribution is -0.120. The van der Waals surface area contributed by atoms with Crippen molar-refractivity contribution in [3.05, 3.63) is 51.9 Å². The minimum absolute atomic E-state index is 0.0356. The molecular weight excluding hydrogens is 316 g/mol. The monoisotopic (exact) mass is 340 g/mol. The minimum atomic E-state index is -0.139. The molecule has 132 valence electrons. The summed E-state index contributed by atoms with van der Waals surface area (Å²) in [6, 6.07) is 7.60. The van der Waals surface area contributed by atoms with E-state index < -0.39 is 0 Å². The van der Waals surface area contributed by atoms with Crippen LogP contribution >= 0.6 is 0 Å². The number of hydrogen-bond donors (Lipinski definition) is 1. The molecule has 0 saturated carbocycles. The lowest BCUT2D eigenvalue weighted by Crippen LogP contribution is -2.41. The molecule has 2 aromatic rings.